The van der Waals surface area contributed by atoms with Crippen LogP contribution >= 0.6 is 0 Å². The number of hydrogen-bond donors (Lipinski definition) is 2. The first-order valence-corrected chi connectivity index (χ1v) is 9.09. The lowest BCUT2D eigenvalue weighted by Gasteiger charge is -2.17. The molecule has 2 amide bonds. The molecule has 6 heteroatoms. The molecule has 2 heterocycles. The van der Waals surface area contributed by atoms with Gasteiger partial charge >= 0.3 is 6.03 Å². The highest BCUT2D eigenvalue weighted by Gasteiger charge is 2.11. The van der Waals surface area contributed by atoms with Crippen molar-refractivity contribution in [2.24, 2.45) is 0 Å². The van der Waals surface area contributed by atoms with Crippen LogP contribution in [0.2, 0.25) is 0 Å². The summed E-state index contributed by atoms with van der Waals surface area (Å²) in [6, 6.07) is 12.2. The third kappa shape index (κ3) is 4.88. The number of hydrogen-bond acceptors (Lipinski definition) is 4. The van der Waals surface area contributed by atoms with Crippen molar-refractivity contribution < 1.29 is 4.79 Å². The maximum atomic E-state index is 12.0. The van der Waals surface area contributed by atoms with E-state index in [0.29, 0.717) is 13.1 Å². The lowest BCUT2D eigenvalue weighted by Crippen LogP contribution is -2.34. The van der Waals surface area contributed by atoms with Crippen molar-refractivity contribution in [2.45, 2.75) is 25.9 Å². The molecule has 0 spiro atoms. The topological polar surface area (TPSA) is 60.5 Å². The quantitative estimate of drug-likeness (QED) is 0.838. The van der Waals surface area contributed by atoms with Gasteiger partial charge in [0.25, 0.3) is 0 Å². The van der Waals surface area contributed by atoms with Crippen LogP contribution in [0.15, 0.2) is 42.6 Å². The van der Waals surface area contributed by atoms with Crippen LogP contribution in [0.1, 0.15) is 24.0 Å². The molecule has 0 atom stereocenters. The summed E-state index contributed by atoms with van der Waals surface area (Å²) >= 11 is 0. The zero-order valence-electron chi connectivity index (χ0n) is 15.5. The first-order valence-electron chi connectivity index (χ1n) is 9.09. The second-order valence-corrected chi connectivity index (χ2v) is 6.82. The van der Waals surface area contributed by atoms with Gasteiger partial charge in [-0.1, -0.05) is 18.2 Å². The monoisotopic (exact) mass is 353 g/mol. The van der Waals surface area contributed by atoms with E-state index in [1.54, 1.807) is 6.20 Å². The molecule has 0 bridgehead atoms. The lowest BCUT2D eigenvalue weighted by atomic mass is 10.2. The molecule has 0 aliphatic carbocycles. The Labute approximate surface area is 155 Å². The predicted octanol–water partition coefficient (Wildman–Crippen LogP) is 2.75. The minimum Gasteiger partial charge on any atom is -0.372 e. The van der Waals surface area contributed by atoms with Crippen LogP contribution in [0, 0.1) is 0 Å². The number of amides is 2. The third-order valence-electron chi connectivity index (χ3n) is 4.58. The fourth-order valence-electron chi connectivity index (χ4n) is 3.01. The lowest BCUT2D eigenvalue weighted by molar-refractivity contribution is 0.240. The molecule has 1 aromatic carbocycles. The number of carbonyl (C=O) groups excluding carboxylic acids is 1. The first-order chi connectivity index (χ1) is 12.6. The van der Waals surface area contributed by atoms with Crippen LogP contribution in [-0.2, 0) is 13.1 Å². The highest BCUT2D eigenvalue weighted by atomic mass is 16.2. The number of rotatable bonds is 6. The molecule has 3 rings (SSSR count). The molecular formula is C20H27N5O. The van der Waals surface area contributed by atoms with Crippen molar-refractivity contribution in [3.05, 3.63) is 53.7 Å². The van der Waals surface area contributed by atoms with E-state index in [-0.39, 0.29) is 6.03 Å². The average Bonchev–Trinajstić information content (AvgIpc) is 3.20. The third-order valence-corrected chi connectivity index (χ3v) is 4.58. The Morgan fingerprint density at radius 2 is 1.62 bits per heavy atom. The zero-order chi connectivity index (χ0) is 18.4. The number of pyridine rings is 1. The molecular weight excluding hydrogens is 326 g/mol. The van der Waals surface area contributed by atoms with E-state index >= 15 is 0 Å². The van der Waals surface area contributed by atoms with Crippen molar-refractivity contribution in [2.75, 3.05) is 37.0 Å². The van der Waals surface area contributed by atoms with Gasteiger partial charge in [-0.3, -0.25) is 0 Å². The van der Waals surface area contributed by atoms with Crippen LogP contribution in [0.4, 0.5) is 16.3 Å². The normalized spacial score (nSPS) is 13.5. The number of benzene rings is 1. The summed E-state index contributed by atoms with van der Waals surface area (Å²) in [4.78, 5) is 20.7. The summed E-state index contributed by atoms with van der Waals surface area (Å²) in [6.07, 6.45) is 4.33. The van der Waals surface area contributed by atoms with Crippen LogP contribution in [0.5, 0.6) is 0 Å². The standard InChI is InChI=1S/C20H27N5O/c1-24(2)19-10-7-17(14-21-19)15-23-20(26)22-13-16-5-8-18(9-6-16)25-11-3-4-12-25/h5-10,14H,3-4,11-13,15H2,1-2H3,(H2,22,23,26). The second-order valence-electron chi connectivity index (χ2n) is 6.82. The van der Waals surface area contributed by atoms with E-state index < -0.39 is 0 Å². The van der Waals surface area contributed by atoms with Crippen LogP contribution in [-0.4, -0.2) is 38.2 Å². The fraction of sp³-hybridized carbons (Fsp3) is 0.400. The Balaban J connectivity index is 1.42. The van der Waals surface area contributed by atoms with Gasteiger partial charge in [-0.25, -0.2) is 9.78 Å². The number of nitrogens with zero attached hydrogens (tertiary/aromatic N) is 3. The maximum absolute atomic E-state index is 12.0. The SMILES string of the molecule is CN(C)c1ccc(CNC(=O)NCc2ccc(N3CCCC3)cc2)cn1. The smallest absolute Gasteiger partial charge is 0.315 e. The fourth-order valence-corrected chi connectivity index (χ4v) is 3.01. The van der Waals surface area contributed by atoms with Gasteiger partial charge in [-0.2, -0.15) is 0 Å². The van der Waals surface area contributed by atoms with Crippen molar-refractivity contribution in [1.29, 1.82) is 0 Å². The Kier molecular flexibility index (Phi) is 5.94. The molecule has 0 radical (unpaired) electrons. The Hall–Kier alpha value is -2.76. The van der Waals surface area contributed by atoms with Crippen LogP contribution in [0.3, 0.4) is 0 Å². The molecule has 1 aromatic heterocycles. The summed E-state index contributed by atoms with van der Waals surface area (Å²) in [5, 5.41) is 5.76. The minimum atomic E-state index is -0.176. The molecule has 0 unspecified atom stereocenters. The Morgan fingerprint density at radius 1 is 1.00 bits per heavy atom. The van der Waals surface area contributed by atoms with Crippen LogP contribution < -0.4 is 20.4 Å². The van der Waals surface area contributed by atoms with Gasteiger partial charge in [0.1, 0.15) is 5.82 Å². The van der Waals surface area contributed by atoms with Gasteiger partial charge in [0.2, 0.25) is 0 Å². The van der Waals surface area contributed by atoms with Gasteiger partial charge in [0.05, 0.1) is 0 Å². The molecule has 0 saturated carbocycles. The summed E-state index contributed by atoms with van der Waals surface area (Å²) in [5.74, 6) is 0.899. The largest absolute Gasteiger partial charge is 0.372 e. The van der Waals surface area contributed by atoms with Crippen molar-refractivity contribution in [3.63, 3.8) is 0 Å². The molecule has 26 heavy (non-hydrogen) atoms. The molecule has 1 fully saturated rings. The highest BCUT2D eigenvalue weighted by molar-refractivity contribution is 5.73. The van der Waals surface area contributed by atoms with Crippen molar-refractivity contribution in [1.82, 2.24) is 15.6 Å². The summed E-state index contributed by atoms with van der Waals surface area (Å²) in [7, 11) is 3.90. The van der Waals surface area contributed by atoms with E-state index in [4.69, 9.17) is 0 Å². The second kappa shape index (κ2) is 8.56. The first kappa shape index (κ1) is 18.0. The van der Waals surface area contributed by atoms with Crippen molar-refractivity contribution in [3.8, 4) is 0 Å². The minimum absolute atomic E-state index is 0.176. The zero-order valence-corrected chi connectivity index (χ0v) is 15.5. The predicted molar refractivity (Wildman–Crippen MR) is 106 cm³/mol. The van der Waals surface area contributed by atoms with Crippen LogP contribution in [0.25, 0.3) is 0 Å². The van der Waals surface area contributed by atoms with E-state index in [0.717, 1.165) is 30.0 Å². The highest BCUT2D eigenvalue weighted by Crippen LogP contribution is 2.20. The Morgan fingerprint density at radius 3 is 2.19 bits per heavy atom. The molecule has 138 valence electrons. The molecule has 1 aliphatic heterocycles. The van der Waals surface area contributed by atoms with E-state index in [1.807, 2.05) is 31.1 Å². The number of nitrogens with one attached hydrogen (secondary N) is 2. The van der Waals surface area contributed by atoms with Crippen molar-refractivity contribution >= 4 is 17.5 Å². The van der Waals surface area contributed by atoms with Gasteiger partial charge in [-0.15, -0.1) is 0 Å². The number of anilines is 2. The van der Waals surface area contributed by atoms with E-state index in [2.05, 4.69) is 44.8 Å². The number of urea groups is 1. The van der Waals surface area contributed by atoms with E-state index in [1.165, 1.54) is 18.5 Å². The Bertz CT molecular complexity index is 706. The molecule has 1 saturated heterocycles. The van der Waals surface area contributed by atoms with Gasteiger partial charge in [-0.05, 0) is 42.2 Å². The van der Waals surface area contributed by atoms with Gasteiger partial charge < -0.3 is 20.4 Å². The van der Waals surface area contributed by atoms with Gasteiger partial charge in [0.15, 0.2) is 0 Å². The number of aromatic nitrogens is 1. The summed E-state index contributed by atoms with van der Waals surface area (Å²) < 4.78 is 0. The van der Waals surface area contributed by atoms with Gasteiger partial charge in [0, 0.05) is 52.2 Å². The molecule has 6 nitrogen and oxygen atoms in total. The molecule has 2 aromatic rings. The summed E-state index contributed by atoms with van der Waals surface area (Å²) in [6.45, 7) is 3.26. The average molecular weight is 353 g/mol. The maximum Gasteiger partial charge on any atom is 0.315 e. The molecule has 2 N–H and O–H groups in total. The number of carbonyl (C=O) groups is 1. The van der Waals surface area contributed by atoms with E-state index in [9.17, 15) is 4.79 Å². The molecule has 1 aliphatic rings. The summed E-state index contributed by atoms with van der Waals surface area (Å²) in [5.41, 5.74) is 3.34.